The molecule has 0 spiro atoms. The van der Waals surface area contributed by atoms with Crippen LogP contribution in [0.3, 0.4) is 0 Å². The normalized spacial score (nSPS) is 21.5. The first-order valence-electron chi connectivity index (χ1n) is 5.68. The second kappa shape index (κ2) is 4.84. The van der Waals surface area contributed by atoms with Crippen molar-refractivity contribution >= 4 is 5.96 Å². The smallest absolute Gasteiger partial charge is 0.188 e. The summed E-state index contributed by atoms with van der Waals surface area (Å²) in [4.78, 5) is 4.16. The number of nitrogens with zero attached hydrogens (tertiary/aromatic N) is 1. The molecule has 1 rings (SSSR count). The highest BCUT2D eigenvalue weighted by Gasteiger charge is 2.23. The molecule has 0 radical (unpaired) electrons. The predicted octanol–water partition coefficient (Wildman–Crippen LogP) is 0.850. The zero-order chi connectivity index (χ0) is 11.5. The van der Waals surface area contributed by atoms with E-state index in [1.165, 1.54) is 12.8 Å². The maximum absolute atomic E-state index is 9.99. The van der Waals surface area contributed by atoms with E-state index in [-0.39, 0.29) is 0 Å². The lowest BCUT2D eigenvalue weighted by atomic mass is 9.94. The Morgan fingerprint density at radius 2 is 2.20 bits per heavy atom. The van der Waals surface area contributed by atoms with Crippen molar-refractivity contribution in [3.8, 4) is 0 Å². The van der Waals surface area contributed by atoms with Crippen LogP contribution < -0.4 is 11.1 Å². The van der Waals surface area contributed by atoms with Gasteiger partial charge in [0.1, 0.15) is 0 Å². The third kappa shape index (κ3) is 5.62. The molecule has 0 amide bonds. The van der Waals surface area contributed by atoms with Gasteiger partial charge in [0, 0.05) is 6.04 Å². The van der Waals surface area contributed by atoms with Gasteiger partial charge in [0.05, 0.1) is 12.1 Å². The lowest BCUT2D eigenvalue weighted by Gasteiger charge is -2.23. The van der Waals surface area contributed by atoms with Gasteiger partial charge >= 0.3 is 0 Å². The molecule has 1 fully saturated rings. The molecule has 15 heavy (non-hydrogen) atoms. The second-order valence-corrected chi connectivity index (χ2v) is 5.21. The van der Waals surface area contributed by atoms with Crippen LogP contribution in [0.5, 0.6) is 0 Å². The lowest BCUT2D eigenvalue weighted by Crippen LogP contribution is -2.37. The van der Waals surface area contributed by atoms with Crippen molar-refractivity contribution in [2.45, 2.75) is 51.7 Å². The molecule has 4 nitrogen and oxygen atoms in total. The Hall–Kier alpha value is -0.770. The van der Waals surface area contributed by atoms with Gasteiger partial charge in [0.2, 0.25) is 0 Å². The molecule has 0 aromatic heterocycles. The van der Waals surface area contributed by atoms with Crippen LogP contribution in [0.1, 0.15) is 40.0 Å². The fourth-order valence-corrected chi connectivity index (χ4v) is 1.68. The molecule has 1 unspecified atom stereocenters. The van der Waals surface area contributed by atoms with Gasteiger partial charge in [-0.3, -0.25) is 4.99 Å². The first-order valence-corrected chi connectivity index (χ1v) is 5.68. The summed E-state index contributed by atoms with van der Waals surface area (Å²) < 4.78 is 0. The molecule has 1 aliphatic carbocycles. The van der Waals surface area contributed by atoms with Gasteiger partial charge in [0.25, 0.3) is 0 Å². The van der Waals surface area contributed by atoms with Crippen molar-refractivity contribution in [1.82, 2.24) is 5.32 Å². The molecular formula is C11H23N3O. The van der Waals surface area contributed by atoms with Crippen LogP contribution >= 0.6 is 0 Å². The summed E-state index contributed by atoms with van der Waals surface area (Å²) in [6.45, 7) is 6.35. The zero-order valence-electron chi connectivity index (χ0n) is 9.95. The molecule has 1 atom stereocenters. The molecule has 0 heterocycles. The zero-order valence-corrected chi connectivity index (χ0v) is 9.95. The van der Waals surface area contributed by atoms with Gasteiger partial charge < -0.3 is 16.2 Å². The molecule has 0 aromatic rings. The summed E-state index contributed by atoms with van der Waals surface area (Å²) in [5, 5.41) is 13.1. The molecule has 4 heteroatoms. The molecule has 0 aliphatic heterocycles. The number of nitrogens with one attached hydrogen (secondary N) is 1. The van der Waals surface area contributed by atoms with Crippen LogP contribution in [0, 0.1) is 5.92 Å². The van der Waals surface area contributed by atoms with Crippen LogP contribution in [0.15, 0.2) is 4.99 Å². The van der Waals surface area contributed by atoms with Gasteiger partial charge in [-0.1, -0.05) is 13.8 Å². The van der Waals surface area contributed by atoms with Crippen LogP contribution in [-0.4, -0.2) is 29.3 Å². The number of guanidine groups is 1. The summed E-state index contributed by atoms with van der Waals surface area (Å²) in [7, 11) is 0. The highest BCUT2D eigenvalue weighted by molar-refractivity contribution is 5.78. The minimum absolute atomic E-state index is 0.372. The van der Waals surface area contributed by atoms with Gasteiger partial charge in [-0.25, -0.2) is 0 Å². The SMILES string of the molecule is CC(C)CC(C)(O)CN=C(N)NC1CC1. The summed E-state index contributed by atoms with van der Waals surface area (Å²) in [6, 6.07) is 0.517. The largest absolute Gasteiger partial charge is 0.388 e. The van der Waals surface area contributed by atoms with Crippen molar-refractivity contribution < 1.29 is 5.11 Å². The minimum atomic E-state index is -0.746. The Bertz CT molecular complexity index is 232. The predicted molar refractivity (Wildman–Crippen MR) is 62.7 cm³/mol. The summed E-state index contributed by atoms with van der Waals surface area (Å²) in [5.41, 5.74) is 4.93. The first kappa shape index (κ1) is 12.3. The Kier molecular flexibility index (Phi) is 3.97. The van der Waals surface area contributed by atoms with Crippen LogP contribution in [-0.2, 0) is 0 Å². The van der Waals surface area contributed by atoms with E-state index in [2.05, 4.69) is 24.2 Å². The molecule has 0 saturated heterocycles. The summed E-state index contributed by atoms with van der Waals surface area (Å²) in [6.07, 6.45) is 3.10. The number of hydrogen-bond acceptors (Lipinski definition) is 2. The number of hydrogen-bond donors (Lipinski definition) is 3. The number of rotatable bonds is 5. The Labute approximate surface area is 92.0 Å². The molecule has 1 saturated carbocycles. The summed E-state index contributed by atoms with van der Waals surface area (Å²) >= 11 is 0. The maximum Gasteiger partial charge on any atom is 0.188 e. The Morgan fingerprint density at radius 1 is 1.60 bits per heavy atom. The molecule has 0 aromatic carbocycles. The van der Waals surface area contributed by atoms with E-state index in [4.69, 9.17) is 5.73 Å². The second-order valence-electron chi connectivity index (χ2n) is 5.21. The highest BCUT2D eigenvalue weighted by Crippen LogP contribution is 2.19. The molecule has 88 valence electrons. The quantitative estimate of drug-likeness (QED) is 0.468. The van der Waals surface area contributed by atoms with E-state index in [1.54, 1.807) is 6.92 Å². The van der Waals surface area contributed by atoms with Crippen LogP contribution in [0.2, 0.25) is 0 Å². The van der Waals surface area contributed by atoms with Gasteiger partial charge in [-0.15, -0.1) is 0 Å². The molecule has 0 bridgehead atoms. The Morgan fingerprint density at radius 3 is 2.67 bits per heavy atom. The first-order chi connectivity index (χ1) is 6.89. The van der Waals surface area contributed by atoms with Crippen LogP contribution in [0.4, 0.5) is 0 Å². The minimum Gasteiger partial charge on any atom is -0.388 e. The van der Waals surface area contributed by atoms with Gasteiger partial charge in [-0.2, -0.15) is 0 Å². The van der Waals surface area contributed by atoms with Crippen molar-refractivity contribution in [2.75, 3.05) is 6.54 Å². The van der Waals surface area contributed by atoms with Crippen molar-refractivity contribution in [3.63, 3.8) is 0 Å². The lowest BCUT2D eigenvalue weighted by molar-refractivity contribution is 0.0477. The molecule has 4 N–H and O–H groups in total. The topological polar surface area (TPSA) is 70.6 Å². The average molecular weight is 213 g/mol. The standard InChI is InChI=1S/C11H23N3O/c1-8(2)6-11(3,15)7-13-10(12)14-9-4-5-9/h8-9,15H,4-7H2,1-3H3,(H3,12,13,14). The van der Waals surface area contributed by atoms with Crippen molar-refractivity contribution in [3.05, 3.63) is 0 Å². The fourth-order valence-electron chi connectivity index (χ4n) is 1.68. The third-order valence-electron chi connectivity index (χ3n) is 2.37. The van der Waals surface area contributed by atoms with E-state index in [0.717, 1.165) is 6.42 Å². The third-order valence-corrected chi connectivity index (χ3v) is 2.37. The molecular weight excluding hydrogens is 190 g/mol. The van der Waals surface area contributed by atoms with Gasteiger partial charge in [0.15, 0.2) is 5.96 Å². The van der Waals surface area contributed by atoms with Crippen molar-refractivity contribution in [1.29, 1.82) is 0 Å². The van der Waals surface area contributed by atoms with Gasteiger partial charge in [-0.05, 0) is 32.1 Å². The van der Waals surface area contributed by atoms with E-state index < -0.39 is 5.60 Å². The van der Waals surface area contributed by atoms with E-state index in [1.807, 2.05) is 0 Å². The molecule has 1 aliphatic rings. The van der Waals surface area contributed by atoms with Crippen molar-refractivity contribution in [2.24, 2.45) is 16.6 Å². The monoisotopic (exact) mass is 213 g/mol. The fraction of sp³-hybridized carbons (Fsp3) is 0.909. The number of aliphatic imine (C=N–C) groups is 1. The van der Waals surface area contributed by atoms with E-state index >= 15 is 0 Å². The maximum atomic E-state index is 9.99. The number of nitrogens with two attached hydrogens (primary N) is 1. The van der Waals surface area contributed by atoms with E-state index in [9.17, 15) is 5.11 Å². The van der Waals surface area contributed by atoms with Crippen LogP contribution in [0.25, 0.3) is 0 Å². The van der Waals surface area contributed by atoms with E-state index in [0.29, 0.717) is 24.5 Å². The highest BCUT2D eigenvalue weighted by atomic mass is 16.3. The Balaban J connectivity index is 2.31. The number of aliphatic hydroxyl groups is 1. The average Bonchev–Trinajstić information content (AvgIpc) is 2.82. The summed E-state index contributed by atoms with van der Waals surface area (Å²) in [5.74, 6) is 0.925.